The Morgan fingerprint density at radius 3 is 2.31 bits per heavy atom. The van der Waals surface area contributed by atoms with E-state index in [0.717, 1.165) is 29.9 Å². The molecule has 0 bridgehead atoms. The number of phenolic OH excluding ortho intramolecular Hbond substituents is 1. The number of hydrogen-bond donors (Lipinski definition) is 1. The van der Waals surface area contributed by atoms with Crippen LogP contribution in [0.1, 0.15) is 34.9 Å². The van der Waals surface area contributed by atoms with Gasteiger partial charge in [-0.05, 0) is 37.1 Å². The molecular weight excluding hydrogens is 366 g/mol. The molecule has 0 radical (unpaired) electrons. The first kappa shape index (κ1) is 17.7. The van der Waals surface area contributed by atoms with Crippen molar-refractivity contribution in [1.82, 2.24) is 19.9 Å². The van der Waals surface area contributed by atoms with Crippen molar-refractivity contribution < 1.29 is 9.90 Å². The van der Waals surface area contributed by atoms with E-state index in [2.05, 4.69) is 15.2 Å². The van der Waals surface area contributed by atoms with Crippen LogP contribution in [0.2, 0.25) is 0 Å². The number of anilines is 1. The van der Waals surface area contributed by atoms with Crippen molar-refractivity contribution in [2.24, 2.45) is 0 Å². The van der Waals surface area contributed by atoms with E-state index in [1.165, 1.54) is 0 Å². The molecule has 29 heavy (non-hydrogen) atoms. The Bertz CT molecular complexity index is 1020. The van der Waals surface area contributed by atoms with E-state index >= 15 is 0 Å². The van der Waals surface area contributed by atoms with E-state index in [-0.39, 0.29) is 11.7 Å². The van der Waals surface area contributed by atoms with E-state index in [1.54, 1.807) is 6.07 Å². The normalized spacial score (nSPS) is 16.8. The third kappa shape index (κ3) is 3.33. The van der Waals surface area contributed by atoms with Crippen molar-refractivity contribution >= 4 is 11.6 Å². The molecular formula is C22H23N5O2. The van der Waals surface area contributed by atoms with Gasteiger partial charge in [0.1, 0.15) is 5.75 Å². The number of hydrogen-bond acceptors (Lipinski definition) is 5. The van der Waals surface area contributed by atoms with Crippen LogP contribution in [-0.4, -0.2) is 57.1 Å². The van der Waals surface area contributed by atoms with Crippen LogP contribution < -0.4 is 4.90 Å². The highest BCUT2D eigenvalue weighted by Crippen LogP contribution is 2.42. The molecule has 3 aromatic rings. The van der Waals surface area contributed by atoms with Gasteiger partial charge in [-0.2, -0.15) is 0 Å². The molecule has 1 saturated carbocycles. The van der Waals surface area contributed by atoms with E-state index in [9.17, 15) is 9.90 Å². The standard InChI is InChI=1S/C22H23N5O2/c28-19-9-5-4-8-18(19)25-12-14-26(15-13-25)22(29)20-21(16-10-11-16)27(24-23-20)17-6-2-1-3-7-17/h1-9,16,28H,10-15H2. The Hall–Kier alpha value is -3.35. The van der Waals surface area contributed by atoms with Crippen molar-refractivity contribution in [3.8, 4) is 11.4 Å². The van der Waals surface area contributed by atoms with Gasteiger partial charge in [0.25, 0.3) is 5.91 Å². The van der Waals surface area contributed by atoms with Crippen LogP contribution in [0.25, 0.3) is 5.69 Å². The lowest BCUT2D eigenvalue weighted by molar-refractivity contribution is 0.0739. The lowest BCUT2D eigenvalue weighted by Gasteiger charge is -2.36. The Labute approximate surface area is 169 Å². The number of benzene rings is 2. The molecule has 1 aromatic heterocycles. The maximum atomic E-state index is 13.2. The predicted molar refractivity (Wildman–Crippen MR) is 110 cm³/mol. The average Bonchev–Trinajstić information content (AvgIpc) is 3.52. The van der Waals surface area contributed by atoms with Gasteiger partial charge in [0, 0.05) is 32.1 Å². The van der Waals surface area contributed by atoms with Gasteiger partial charge in [0.15, 0.2) is 5.69 Å². The fourth-order valence-electron chi connectivity index (χ4n) is 3.96. The highest BCUT2D eigenvalue weighted by molar-refractivity contribution is 5.94. The van der Waals surface area contributed by atoms with Gasteiger partial charge in [-0.15, -0.1) is 5.10 Å². The molecule has 2 heterocycles. The zero-order chi connectivity index (χ0) is 19.8. The maximum Gasteiger partial charge on any atom is 0.276 e. The second-order valence-electron chi connectivity index (χ2n) is 7.61. The number of phenols is 1. The Morgan fingerprint density at radius 1 is 0.931 bits per heavy atom. The molecule has 2 aromatic carbocycles. The first-order valence-electron chi connectivity index (χ1n) is 10.1. The van der Waals surface area contributed by atoms with Crippen LogP contribution in [0.4, 0.5) is 5.69 Å². The van der Waals surface area contributed by atoms with Crippen molar-refractivity contribution in [3.63, 3.8) is 0 Å². The summed E-state index contributed by atoms with van der Waals surface area (Å²) in [7, 11) is 0. The molecule has 7 nitrogen and oxygen atoms in total. The summed E-state index contributed by atoms with van der Waals surface area (Å²) in [5.74, 6) is 0.576. The summed E-state index contributed by atoms with van der Waals surface area (Å²) in [5.41, 5.74) is 3.16. The SMILES string of the molecule is O=C(c1nnn(-c2ccccc2)c1C1CC1)N1CCN(c2ccccc2O)CC1. The molecule has 1 saturated heterocycles. The maximum absolute atomic E-state index is 13.2. The summed E-state index contributed by atoms with van der Waals surface area (Å²) < 4.78 is 1.82. The number of nitrogens with zero attached hydrogens (tertiary/aromatic N) is 5. The highest BCUT2D eigenvalue weighted by atomic mass is 16.3. The molecule has 1 aliphatic heterocycles. The number of aromatic hydroxyl groups is 1. The van der Waals surface area contributed by atoms with Crippen LogP contribution in [0.5, 0.6) is 5.75 Å². The van der Waals surface area contributed by atoms with Crippen LogP contribution >= 0.6 is 0 Å². The number of para-hydroxylation sites is 3. The van der Waals surface area contributed by atoms with E-state index < -0.39 is 0 Å². The zero-order valence-corrected chi connectivity index (χ0v) is 16.1. The Balaban J connectivity index is 1.36. The van der Waals surface area contributed by atoms with Crippen LogP contribution in [0.3, 0.4) is 0 Å². The summed E-state index contributed by atoms with van der Waals surface area (Å²) in [6.07, 6.45) is 2.14. The highest BCUT2D eigenvalue weighted by Gasteiger charge is 2.36. The number of carbonyl (C=O) groups excluding carboxylic acids is 1. The lowest BCUT2D eigenvalue weighted by Crippen LogP contribution is -2.49. The smallest absolute Gasteiger partial charge is 0.276 e. The summed E-state index contributed by atoms with van der Waals surface area (Å²) in [6, 6.07) is 17.2. The first-order valence-corrected chi connectivity index (χ1v) is 10.1. The molecule has 0 unspecified atom stereocenters. The van der Waals surface area contributed by atoms with E-state index in [4.69, 9.17) is 0 Å². The van der Waals surface area contributed by atoms with Gasteiger partial charge in [-0.3, -0.25) is 4.79 Å². The van der Waals surface area contributed by atoms with Gasteiger partial charge in [-0.1, -0.05) is 35.5 Å². The number of carbonyl (C=O) groups is 1. The molecule has 5 rings (SSSR count). The van der Waals surface area contributed by atoms with Gasteiger partial charge in [-0.25, -0.2) is 4.68 Å². The largest absolute Gasteiger partial charge is 0.506 e. The molecule has 1 amide bonds. The minimum atomic E-state index is -0.0500. The van der Waals surface area contributed by atoms with Crippen LogP contribution in [0, 0.1) is 0 Å². The van der Waals surface area contributed by atoms with Gasteiger partial charge in [0.2, 0.25) is 0 Å². The van der Waals surface area contributed by atoms with Gasteiger partial charge >= 0.3 is 0 Å². The summed E-state index contributed by atoms with van der Waals surface area (Å²) in [6.45, 7) is 2.54. The Kier molecular flexibility index (Phi) is 4.42. The minimum absolute atomic E-state index is 0.0500. The van der Waals surface area contributed by atoms with Crippen LogP contribution in [-0.2, 0) is 0 Å². The lowest BCUT2D eigenvalue weighted by atomic mass is 10.1. The molecule has 0 atom stereocenters. The zero-order valence-electron chi connectivity index (χ0n) is 16.1. The topological polar surface area (TPSA) is 74.5 Å². The second-order valence-corrected chi connectivity index (χ2v) is 7.61. The van der Waals surface area contributed by atoms with E-state index in [0.29, 0.717) is 37.8 Å². The number of amides is 1. The molecule has 0 spiro atoms. The number of aromatic nitrogens is 3. The number of piperazine rings is 1. The molecule has 2 fully saturated rings. The monoisotopic (exact) mass is 389 g/mol. The fourth-order valence-corrected chi connectivity index (χ4v) is 3.96. The van der Waals surface area contributed by atoms with Crippen molar-refractivity contribution in [1.29, 1.82) is 0 Å². The molecule has 1 N–H and O–H groups in total. The van der Waals surface area contributed by atoms with Crippen LogP contribution in [0.15, 0.2) is 54.6 Å². The fraction of sp³-hybridized carbons (Fsp3) is 0.318. The Morgan fingerprint density at radius 2 is 1.62 bits per heavy atom. The summed E-state index contributed by atoms with van der Waals surface area (Å²) in [4.78, 5) is 17.2. The third-order valence-corrected chi connectivity index (χ3v) is 5.66. The second kappa shape index (κ2) is 7.24. The summed E-state index contributed by atoms with van der Waals surface area (Å²) in [5, 5.41) is 18.7. The quantitative estimate of drug-likeness (QED) is 0.743. The number of rotatable bonds is 4. The van der Waals surface area contributed by atoms with Gasteiger partial charge < -0.3 is 14.9 Å². The molecule has 7 heteroatoms. The van der Waals surface area contributed by atoms with Crippen molar-refractivity contribution in [2.75, 3.05) is 31.1 Å². The third-order valence-electron chi connectivity index (χ3n) is 5.66. The molecule has 148 valence electrons. The molecule has 2 aliphatic rings. The summed E-state index contributed by atoms with van der Waals surface area (Å²) >= 11 is 0. The predicted octanol–water partition coefficient (Wildman–Crippen LogP) is 2.81. The first-order chi connectivity index (χ1) is 14.2. The molecule has 1 aliphatic carbocycles. The van der Waals surface area contributed by atoms with Gasteiger partial charge in [0.05, 0.1) is 17.1 Å². The van der Waals surface area contributed by atoms with Crippen molar-refractivity contribution in [3.05, 3.63) is 66.0 Å². The average molecular weight is 389 g/mol. The minimum Gasteiger partial charge on any atom is -0.506 e. The van der Waals surface area contributed by atoms with E-state index in [1.807, 2.05) is 58.1 Å². The van der Waals surface area contributed by atoms with Crippen molar-refractivity contribution in [2.45, 2.75) is 18.8 Å².